The summed E-state index contributed by atoms with van der Waals surface area (Å²) in [5.74, 6) is 0.517. The van der Waals surface area contributed by atoms with E-state index in [2.05, 4.69) is 0 Å². The van der Waals surface area contributed by atoms with Crippen LogP contribution in [0.2, 0.25) is 0 Å². The summed E-state index contributed by atoms with van der Waals surface area (Å²) in [7, 11) is 1.63. The van der Waals surface area contributed by atoms with Crippen molar-refractivity contribution in [2.45, 2.75) is 19.0 Å². The first kappa shape index (κ1) is 15.2. The summed E-state index contributed by atoms with van der Waals surface area (Å²) in [6.45, 7) is 0.649. The molecule has 0 aromatic heterocycles. The lowest BCUT2D eigenvalue weighted by atomic mass is 10.2. The summed E-state index contributed by atoms with van der Waals surface area (Å²) >= 11 is 0. The van der Waals surface area contributed by atoms with Crippen LogP contribution >= 0.6 is 0 Å². The number of para-hydroxylation sites is 1. The van der Waals surface area contributed by atoms with E-state index >= 15 is 0 Å². The number of nitrogens with two attached hydrogens (primary N) is 1. The van der Waals surface area contributed by atoms with E-state index in [0.29, 0.717) is 12.2 Å². The molecule has 0 spiro atoms. The zero-order chi connectivity index (χ0) is 16.2. The van der Waals surface area contributed by atoms with Crippen molar-refractivity contribution in [3.05, 3.63) is 60.2 Å². The summed E-state index contributed by atoms with van der Waals surface area (Å²) in [4.78, 5) is 25.9. The van der Waals surface area contributed by atoms with E-state index < -0.39 is 0 Å². The SMILES string of the molecule is COc1ccc(C[NH2+][C@H]2CC(=O)N(c3ccccc3)C2=O)cc1. The molecule has 2 amide bonds. The number of quaternary nitrogens is 1. The molecule has 23 heavy (non-hydrogen) atoms. The Kier molecular flexibility index (Phi) is 4.39. The maximum atomic E-state index is 12.5. The predicted octanol–water partition coefficient (Wildman–Crippen LogP) is 1.09. The maximum Gasteiger partial charge on any atom is 0.292 e. The molecule has 1 atom stereocenters. The lowest BCUT2D eigenvalue weighted by molar-refractivity contribution is -0.690. The molecule has 1 heterocycles. The predicted molar refractivity (Wildman–Crippen MR) is 86.0 cm³/mol. The third-order valence-corrected chi connectivity index (χ3v) is 3.99. The topological polar surface area (TPSA) is 63.2 Å². The van der Waals surface area contributed by atoms with Crippen molar-refractivity contribution < 1.29 is 19.6 Å². The lowest BCUT2D eigenvalue weighted by Gasteiger charge is -2.14. The molecule has 3 rings (SSSR count). The molecule has 5 heteroatoms. The van der Waals surface area contributed by atoms with Gasteiger partial charge in [0.1, 0.15) is 12.3 Å². The smallest absolute Gasteiger partial charge is 0.292 e. The minimum absolute atomic E-state index is 0.141. The molecule has 1 saturated heterocycles. The Balaban J connectivity index is 1.65. The van der Waals surface area contributed by atoms with Gasteiger partial charge in [0.2, 0.25) is 5.91 Å². The van der Waals surface area contributed by atoms with Crippen molar-refractivity contribution in [3.8, 4) is 5.75 Å². The van der Waals surface area contributed by atoms with Gasteiger partial charge >= 0.3 is 0 Å². The first-order valence-corrected chi connectivity index (χ1v) is 7.57. The van der Waals surface area contributed by atoms with Gasteiger partial charge in [-0.3, -0.25) is 9.59 Å². The van der Waals surface area contributed by atoms with Crippen LogP contribution in [-0.2, 0) is 16.1 Å². The van der Waals surface area contributed by atoms with Gasteiger partial charge < -0.3 is 10.1 Å². The van der Waals surface area contributed by atoms with Gasteiger partial charge in [-0.25, -0.2) is 4.90 Å². The van der Waals surface area contributed by atoms with Gasteiger partial charge in [-0.2, -0.15) is 0 Å². The van der Waals surface area contributed by atoms with Gasteiger partial charge in [0.25, 0.3) is 5.91 Å². The summed E-state index contributed by atoms with van der Waals surface area (Å²) < 4.78 is 5.13. The molecule has 1 aliphatic rings. The Labute approximate surface area is 134 Å². The van der Waals surface area contributed by atoms with Crippen molar-refractivity contribution in [3.63, 3.8) is 0 Å². The van der Waals surface area contributed by atoms with E-state index in [0.717, 1.165) is 11.3 Å². The van der Waals surface area contributed by atoms with Crippen molar-refractivity contribution in [1.82, 2.24) is 0 Å². The maximum absolute atomic E-state index is 12.5. The standard InChI is InChI=1S/C18H18N2O3/c1-23-15-9-7-13(8-10-15)12-19-16-11-17(21)20(18(16)22)14-5-3-2-4-6-14/h2-10,16,19H,11-12H2,1H3/p+1/t16-/m0/s1. The number of ether oxygens (including phenoxy) is 1. The average Bonchev–Trinajstić information content (AvgIpc) is 2.88. The Morgan fingerprint density at radius 3 is 2.43 bits per heavy atom. The van der Waals surface area contributed by atoms with Gasteiger partial charge in [0, 0.05) is 5.56 Å². The Morgan fingerprint density at radius 2 is 1.78 bits per heavy atom. The van der Waals surface area contributed by atoms with Gasteiger partial charge in [-0.15, -0.1) is 0 Å². The molecule has 0 aliphatic carbocycles. The third-order valence-electron chi connectivity index (χ3n) is 3.99. The molecule has 2 aromatic rings. The molecule has 0 saturated carbocycles. The molecule has 1 aliphatic heterocycles. The van der Waals surface area contributed by atoms with Crippen molar-refractivity contribution in [1.29, 1.82) is 0 Å². The number of anilines is 1. The minimum Gasteiger partial charge on any atom is -0.497 e. The van der Waals surface area contributed by atoms with Crippen LogP contribution in [0.25, 0.3) is 0 Å². The number of benzene rings is 2. The van der Waals surface area contributed by atoms with Crippen LogP contribution in [0.15, 0.2) is 54.6 Å². The molecule has 2 N–H and O–H groups in total. The number of imide groups is 1. The molecule has 0 unspecified atom stereocenters. The zero-order valence-electron chi connectivity index (χ0n) is 12.9. The number of methoxy groups -OCH3 is 1. The third kappa shape index (κ3) is 3.24. The monoisotopic (exact) mass is 311 g/mol. The molecule has 2 aromatic carbocycles. The number of hydrogen-bond acceptors (Lipinski definition) is 3. The van der Waals surface area contributed by atoms with E-state index in [1.807, 2.05) is 47.8 Å². The average molecular weight is 311 g/mol. The highest BCUT2D eigenvalue weighted by molar-refractivity contribution is 6.21. The van der Waals surface area contributed by atoms with E-state index in [1.54, 1.807) is 19.2 Å². The Morgan fingerprint density at radius 1 is 1.09 bits per heavy atom. The van der Waals surface area contributed by atoms with E-state index in [1.165, 1.54) is 4.90 Å². The quantitative estimate of drug-likeness (QED) is 0.841. The fourth-order valence-electron chi connectivity index (χ4n) is 2.73. The van der Waals surface area contributed by atoms with E-state index in [-0.39, 0.29) is 24.3 Å². The van der Waals surface area contributed by atoms with Crippen LogP contribution in [-0.4, -0.2) is 25.0 Å². The van der Waals surface area contributed by atoms with Crippen molar-refractivity contribution in [2.24, 2.45) is 0 Å². The molecular weight excluding hydrogens is 292 g/mol. The van der Waals surface area contributed by atoms with Crippen molar-refractivity contribution in [2.75, 3.05) is 12.0 Å². The second-order valence-electron chi connectivity index (χ2n) is 5.50. The number of nitrogens with zero attached hydrogens (tertiary/aromatic N) is 1. The van der Waals surface area contributed by atoms with Crippen LogP contribution in [0.3, 0.4) is 0 Å². The molecule has 0 radical (unpaired) electrons. The largest absolute Gasteiger partial charge is 0.497 e. The van der Waals surface area contributed by atoms with Crippen LogP contribution in [0.4, 0.5) is 5.69 Å². The van der Waals surface area contributed by atoms with Crippen LogP contribution in [0.5, 0.6) is 5.75 Å². The van der Waals surface area contributed by atoms with E-state index in [9.17, 15) is 9.59 Å². The number of carbonyl (C=O) groups is 2. The van der Waals surface area contributed by atoms with Gasteiger partial charge in [0.15, 0.2) is 6.04 Å². The van der Waals surface area contributed by atoms with Crippen molar-refractivity contribution >= 4 is 17.5 Å². The van der Waals surface area contributed by atoms with Crippen LogP contribution < -0.4 is 15.0 Å². The fraction of sp³-hybridized carbons (Fsp3) is 0.222. The van der Waals surface area contributed by atoms with Gasteiger partial charge in [-0.1, -0.05) is 18.2 Å². The Bertz CT molecular complexity index is 698. The second kappa shape index (κ2) is 6.62. The fourth-order valence-corrected chi connectivity index (χ4v) is 2.73. The van der Waals surface area contributed by atoms with Crippen LogP contribution in [0, 0.1) is 0 Å². The van der Waals surface area contributed by atoms with Gasteiger partial charge in [0.05, 0.1) is 19.2 Å². The summed E-state index contributed by atoms with van der Waals surface area (Å²) in [6.07, 6.45) is 0.240. The number of amides is 2. The number of rotatable bonds is 5. The highest BCUT2D eigenvalue weighted by Crippen LogP contribution is 2.21. The first-order valence-electron chi connectivity index (χ1n) is 7.57. The number of carbonyl (C=O) groups excluding carboxylic acids is 2. The molecular formula is C18H19N2O3+. The summed E-state index contributed by atoms with van der Waals surface area (Å²) in [5, 5.41) is 1.92. The highest BCUT2D eigenvalue weighted by atomic mass is 16.5. The summed E-state index contributed by atoms with van der Waals surface area (Å²) in [6, 6.07) is 16.4. The zero-order valence-corrected chi connectivity index (χ0v) is 12.9. The molecule has 0 bridgehead atoms. The highest BCUT2D eigenvalue weighted by Gasteiger charge is 2.41. The first-order chi connectivity index (χ1) is 11.2. The minimum atomic E-state index is -0.357. The number of hydrogen-bond donors (Lipinski definition) is 1. The Hall–Kier alpha value is -2.66. The molecule has 5 nitrogen and oxygen atoms in total. The van der Waals surface area contributed by atoms with Gasteiger partial charge in [-0.05, 0) is 36.4 Å². The molecule has 1 fully saturated rings. The lowest BCUT2D eigenvalue weighted by Crippen LogP contribution is -2.90. The second-order valence-corrected chi connectivity index (χ2v) is 5.50. The normalized spacial score (nSPS) is 17.6. The summed E-state index contributed by atoms with van der Waals surface area (Å²) in [5.41, 5.74) is 1.73. The van der Waals surface area contributed by atoms with Crippen LogP contribution in [0.1, 0.15) is 12.0 Å². The molecule has 118 valence electrons. The van der Waals surface area contributed by atoms with E-state index in [4.69, 9.17) is 4.74 Å².